The fourth-order valence-electron chi connectivity index (χ4n) is 4.29. The number of fused-ring (bicyclic) bond motifs is 1. The summed E-state index contributed by atoms with van der Waals surface area (Å²) < 4.78 is 16.2. The molecule has 2 fully saturated rings. The molecule has 1 saturated heterocycles. The van der Waals surface area contributed by atoms with Crippen LogP contribution in [0.3, 0.4) is 0 Å². The van der Waals surface area contributed by atoms with E-state index in [4.69, 9.17) is 14.2 Å². The number of benzene rings is 1. The van der Waals surface area contributed by atoms with Gasteiger partial charge in [0.25, 0.3) is 0 Å². The van der Waals surface area contributed by atoms with E-state index in [-0.39, 0.29) is 18.6 Å². The van der Waals surface area contributed by atoms with E-state index >= 15 is 0 Å². The van der Waals surface area contributed by atoms with Gasteiger partial charge in [0.1, 0.15) is 18.4 Å². The highest BCUT2D eigenvalue weighted by Crippen LogP contribution is 2.40. The molecule has 28 heavy (non-hydrogen) atoms. The summed E-state index contributed by atoms with van der Waals surface area (Å²) >= 11 is 0. The van der Waals surface area contributed by atoms with Crippen molar-refractivity contribution in [2.75, 3.05) is 13.7 Å². The molecule has 1 aliphatic heterocycles. The van der Waals surface area contributed by atoms with Crippen molar-refractivity contribution in [2.45, 2.75) is 70.6 Å². The number of amides is 1. The van der Waals surface area contributed by atoms with Gasteiger partial charge in [0.15, 0.2) is 0 Å². The lowest BCUT2D eigenvalue weighted by Crippen LogP contribution is -2.47. The molecule has 0 radical (unpaired) electrons. The first-order valence-electron chi connectivity index (χ1n) is 10.4. The van der Waals surface area contributed by atoms with Gasteiger partial charge in [-0.05, 0) is 49.3 Å². The van der Waals surface area contributed by atoms with E-state index in [1.54, 1.807) is 12.0 Å². The van der Waals surface area contributed by atoms with Gasteiger partial charge in [0.05, 0.1) is 13.7 Å². The molecule has 6 heteroatoms. The van der Waals surface area contributed by atoms with Gasteiger partial charge in [-0.25, -0.2) is 9.59 Å². The summed E-state index contributed by atoms with van der Waals surface area (Å²) in [6, 6.07) is 6.98. The molecule has 3 rings (SSSR count). The molecule has 154 valence electrons. The number of esters is 1. The Balaban J connectivity index is 1.65. The third kappa shape index (κ3) is 4.78. The topological polar surface area (TPSA) is 65.1 Å². The van der Waals surface area contributed by atoms with Crippen LogP contribution in [0.1, 0.15) is 57.4 Å². The molecule has 1 aliphatic carbocycles. The zero-order chi connectivity index (χ0) is 19.9. The van der Waals surface area contributed by atoms with E-state index in [2.05, 4.69) is 6.92 Å². The average Bonchev–Trinajstić information content (AvgIpc) is 3.12. The molecule has 1 heterocycles. The average molecular weight is 389 g/mol. The van der Waals surface area contributed by atoms with Gasteiger partial charge >= 0.3 is 12.1 Å². The van der Waals surface area contributed by atoms with Crippen LogP contribution in [-0.2, 0) is 20.9 Å². The molecular formula is C22H31NO5. The minimum absolute atomic E-state index is 0.0841. The van der Waals surface area contributed by atoms with Crippen LogP contribution >= 0.6 is 0 Å². The van der Waals surface area contributed by atoms with Gasteiger partial charge in [0.2, 0.25) is 0 Å². The molecule has 6 nitrogen and oxygen atoms in total. The SMILES string of the molecule is CCCCOC(=O)C1CC2CCCCC2N1C(=O)OCc1ccc(OC)cc1. The van der Waals surface area contributed by atoms with Crippen LogP contribution in [-0.4, -0.2) is 42.8 Å². The first-order valence-corrected chi connectivity index (χ1v) is 10.4. The quantitative estimate of drug-likeness (QED) is 0.514. The number of rotatable bonds is 7. The summed E-state index contributed by atoms with van der Waals surface area (Å²) in [4.78, 5) is 27.2. The predicted octanol–water partition coefficient (Wildman–Crippen LogP) is 4.31. The first kappa shape index (κ1) is 20.5. The highest BCUT2D eigenvalue weighted by Gasteiger charge is 2.48. The second-order valence-electron chi connectivity index (χ2n) is 7.69. The number of carbonyl (C=O) groups excluding carboxylic acids is 2. The zero-order valence-corrected chi connectivity index (χ0v) is 16.9. The lowest BCUT2D eigenvalue weighted by molar-refractivity contribution is -0.149. The summed E-state index contributed by atoms with van der Waals surface area (Å²) in [5, 5.41) is 0. The molecule has 1 aromatic rings. The van der Waals surface area contributed by atoms with Gasteiger partial charge in [-0.2, -0.15) is 0 Å². The van der Waals surface area contributed by atoms with Crippen molar-refractivity contribution < 1.29 is 23.8 Å². The normalized spacial score (nSPS) is 23.8. The van der Waals surface area contributed by atoms with E-state index < -0.39 is 12.1 Å². The van der Waals surface area contributed by atoms with Crippen LogP contribution in [0.25, 0.3) is 0 Å². The lowest BCUT2D eigenvalue weighted by Gasteiger charge is -2.32. The maximum atomic E-state index is 12.9. The van der Waals surface area contributed by atoms with E-state index in [1.807, 2.05) is 24.3 Å². The maximum absolute atomic E-state index is 12.9. The lowest BCUT2D eigenvalue weighted by atomic mass is 9.85. The number of ether oxygens (including phenoxy) is 3. The Bertz CT molecular complexity index is 659. The summed E-state index contributed by atoms with van der Waals surface area (Å²) in [6.07, 6.45) is 6.32. The van der Waals surface area contributed by atoms with Crippen LogP contribution < -0.4 is 4.74 Å². The van der Waals surface area contributed by atoms with E-state index in [0.29, 0.717) is 18.9 Å². The van der Waals surface area contributed by atoms with Crippen molar-refractivity contribution in [3.05, 3.63) is 29.8 Å². The largest absolute Gasteiger partial charge is 0.497 e. The summed E-state index contributed by atoms with van der Waals surface area (Å²) in [7, 11) is 1.61. The second-order valence-corrected chi connectivity index (χ2v) is 7.69. The maximum Gasteiger partial charge on any atom is 0.411 e. The third-order valence-electron chi connectivity index (χ3n) is 5.83. The molecule has 1 aromatic carbocycles. The number of unbranched alkanes of at least 4 members (excludes halogenated alkanes) is 1. The predicted molar refractivity (Wildman–Crippen MR) is 105 cm³/mol. The Kier molecular flexibility index (Phi) is 7.18. The number of methoxy groups -OCH3 is 1. The van der Waals surface area contributed by atoms with Crippen molar-refractivity contribution in [1.82, 2.24) is 4.90 Å². The van der Waals surface area contributed by atoms with Gasteiger partial charge in [-0.3, -0.25) is 4.90 Å². The molecular weight excluding hydrogens is 358 g/mol. The fraction of sp³-hybridized carbons (Fsp3) is 0.636. The molecule has 0 N–H and O–H groups in total. The smallest absolute Gasteiger partial charge is 0.411 e. The third-order valence-corrected chi connectivity index (χ3v) is 5.83. The minimum atomic E-state index is -0.520. The van der Waals surface area contributed by atoms with Crippen LogP contribution in [0, 0.1) is 5.92 Å². The summed E-state index contributed by atoms with van der Waals surface area (Å²) in [5.74, 6) is 0.838. The fourth-order valence-corrected chi connectivity index (χ4v) is 4.29. The van der Waals surface area contributed by atoms with Crippen molar-refractivity contribution in [2.24, 2.45) is 5.92 Å². The highest BCUT2D eigenvalue weighted by molar-refractivity contribution is 5.82. The van der Waals surface area contributed by atoms with Crippen LogP contribution in [0.15, 0.2) is 24.3 Å². The van der Waals surface area contributed by atoms with Gasteiger partial charge in [-0.1, -0.05) is 38.3 Å². The molecule has 3 unspecified atom stereocenters. The zero-order valence-electron chi connectivity index (χ0n) is 16.9. The molecule has 2 aliphatic rings. The number of hydrogen-bond donors (Lipinski definition) is 0. The van der Waals surface area contributed by atoms with E-state index in [9.17, 15) is 9.59 Å². The van der Waals surface area contributed by atoms with Crippen molar-refractivity contribution in [3.8, 4) is 5.75 Å². The standard InChI is InChI=1S/C22H31NO5/c1-3-4-13-27-21(24)20-14-17-7-5-6-8-19(17)23(20)22(25)28-15-16-9-11-18(26-2)12-10-16/h9-12,17,19-20H,3-8,13-15H2,1-2H3. The monoisotopic (exact) mass is 389 g/mol. The molecule has 0 spiro atoms. The van der Waals surface area contributed by atoms with Gasteiger partial charge in [0, 0.05) is 6.04 Å². The van der Waals surface area contributed by atoms with Gasteiger partial charge in [-0.15, -0.1) is 0 Å². The molecule has 0 aromatic heterocycles. The summed E-state index contributed by atoms with van der Waals surface area (Å²) in [6.45, 7) is 2.64. The Labute approximate surface area is 167 Å². The van der Waals surface area contributed by atoms with E-state index in [1.165, 1.54) is 0 Å². The molecule has 0 bridgehead atoms. The highest BCUT2D eigenvalue weighted by atomic mass is 16.6. The van der Waals surface area contributed by atoms with Crippen LogP contribution in [0.2, 0.25) is 0 Å². The number of hydrogen-bond acceptors (Lipinski definition) is 5. The Morgan fingerprint density at radius 2 is 1.86 bits per heavy atom. The summed E-state index contributed by atoms with van der Waals surface area (Å²) in [5.41, 5.74) is 0.885. The van der Waals surface area contributed by atoms with Crippen molar-refractivity contribution >= 4 is 12.1 Å². The number of likely N-dealkylation sites (tertiary alicyclic amines) is 1. The van der Waals surface area contributed by atoms with Crippen molar-refractivity contribution in [3.63, 3.8) is 0 Å². The van der Waals surface area contributed by atoms with Crippen molar-refractivity contribution in [1.29, 1.82) is 0 Å². The molecule has 1 saturated carbocycles. The number of carbonyl (C=O) groups is 2. The number of nitrogens with zero attached hydrogens (tertiary/aromatic N) is 1. The van der Waals surface area contributed by atoms with Crippen LogP contribution in [0.5, 0.6) is 5.75 Å². The van der Waals surface area contributed by atoms with Crippen LogP contribution in [0.4, 0.5) is 4.79 Å². The molecule has 1 amide bonds. The minimum Gasteiger partial charge on any atom is -0.497 e. The Morgan fingerprint density at radius 1 is 1.11 bits per heavy atom. The second kappa shape index (κ2) is 9.80. The Hall–Kier alpha value is -2.24. The van der Waals surface area contributed by atoms with E-state index in [0.717, 1.165) is 49.8 Å². The Morgan fingerprint density at radius 3 is 2.57 bits per heavy atom. The molecule has 3 atom stereocenters. The first-order chi connectivity index (χ1) is 13.6. The van der Waals surface area contributed by atoms with Gasteiger partial charge < -0.3 is 14.2 Å².